The van der Waals surface area contributed by atoms with Crippen molar-refractivity contribution in [3.8, 4) is 11.5 Å². The molecule has 0 unspecified atom stereocenters. The van der Waals surface area contributed by atoms with E-state index in [1.54, 1.807) is 0 Å². The molecule has 0 fully saturated rings. The Hall–Kier alpha value is -3.37. The van der Waals surface area contributed by atoms with Crippen molar-refractivity contribution < 1.29 is 29.1 Å². The van der Waals surface area contributed by atoms with Crippen molar-refractivity contribution in [2.75, 3.05) is 13.7 Å². The smallest absolute Gasteiger partial charge is 0.341 e. The summed E-state index contributed by atoms with van der Waals surface area (Å²) >= 11 is 0. The van der Waals surface area contributed by atoms with E-state index in [-0.39, 0.29) is 22.7 Å². The number of hydrogen-bond acceptors (Lipinski definition) is 7. The van der Waals surface area contributed by atoms with Crippen LogP contribution in [-0.2, 0) is 4.79 Å². The first-order valence-electron chi connectivity index (χ1n) is 5.64. The number of nitrogens with zero attached hydrogens (tertiary/aromatic N) is 2. The van der Waals surface area contributed by atoms with Gasteiger partial charge in [-0.1, -0.05) is 0 Å². The van der Waals surface area contributed by atoms with Crippen molar-refractivity contribution in [3.63, 3.8) is 0 Å². The highest BCUT2D eigenvalue weighted by Crippen LogP contribution is 2.34. The molecule has 0 saturated heterocycles. The van der Waals surface area contributed by atoms with E-state index >= 15 is 0 Å². The van der Waals surface area contributed by atoms with E-state index in [4.69, 9.17) is 20.3 Å². The summed E-state index contributed by atoms with van der Waals surface area (Å²) in [5.41, 5.74) is 6.42. The Morgan fingerprint density at radius 1 is 1.55 bits per heavy atom. The van der Waals surface area contributed by atoms with Crippen LogP contribution in [0.4, 0.5) is 10.5 Å². The Balaban J connectivity index is 3.28. The zero-order valence-corrected chi connectivity index (χ0v) is 11.3. The lowest BCUT2D eigenvalue weighted by Crippen LogP contribution is -2.24. The van der Waals surface area contributed by atoms with Gasteiger partial charge < -0.3 is 20.3 Å². The van der Waals surface area contributed by atoms with Crippen LogP contribution in [0.1, 0.15) is 5.56 Å². The first-order valence-corrected chi connectivity index (χ1v) is 5.64. The Labute approximate surface area is 123 Å². The van der Waals surface area contributed by atoms with Crippen LogP contribution in [0.3, 0.4) is 0 Å². The molecule has 0 bridgehead atoms. The summed E-state index contributed by atoms with van der Waals surface area (Å²) in [4.78, 5) is 31.3. The molecular formula is C11H12N4O7. The zero-order valence-electron chi connectivity index (χ0n) is 11.3. The second-order valence-corrected chi connectivity index (χ2v) is 3.74. The van der Waals surface area contributed by atoms with Crippen molar-refractivity contribution >= 4 is 23.9 Å². The van der Waals surface area contributed by atoms with Gasteiger partial charge in [0.2, 0.25) is 0 Å². The molecule has 0 aliphatic heterocycles. The number of carboxylic acid groups (broad SMARTS) is 1. The largest absolute Gasteiger partial charge is 0.493 e. The summed E-state index contributed by atoms with van der Waals surface area (Å²) < 4.78 is 9.97. The number of non-ortho nitro benzene ring substituents is 1. The van der Waals surface area contributed by atoms with E-state index in [2.05, 4.69) is 5.10 Å². The standard InChI is InChI=1S/C11H12N4O7/c1-21-8-3-7(15(19)20)2-6(4-13-14-11(12)18)10(8)22-5-9(16)17/h2-4H,5H2,1H3,(H,16,17)(H3,12,14,18). The molecule has 0 radical (unpaired) electrons. The first-order chi connectivity index (χ1) is 10.3. The number of hydrazone groups is 1. The number of nitrogens with one attached hydrogen (secondary N) is 1. The van der Waals surface area contributed by atoms with Crippen LogP contribution in [0.15, 0.2) is 17.2 Å². The van der Waals surface area contributed by atoms with Gasteiger partial charge in [0.1, 0.15) is 0 Å². The van der Waals surface area contributed by atoms with E-state index in [0.29, 0.717) is 0 Å². The summed E-state index contributed by atoms with van der Waals surface area (Å²) in [5, 5.41) is 23.0. The van der Waals surface area contributed by atoms with Gasteiger partial charge in [0, 0.05) is 11.6 Å². The van der Waals surface area contributed by atoms with E-state index in [0.717, 1.165) is 18.3 Å². The fourth-order valence-corrected chi connectivity index (χ4v) is 1.42. The number of nitro benzene ring substituents is 1. The van der Waals surface area contributed by atoms with Crippen LogP contribution in [0.25, 0.3) is 0 Å². The second kappa shape index (κ2) is 7.42. The van der Waals surface area contributed by atoms with Crippen LogP contribution in [-0.4, -0.2) is 42.0 Å². The average molecular weight is 312 g/mol. The molecule has 1 rings (SSSR count). The highest BCUT2D eigenvalue weighted by Gasteiger charge is 2.18. The van der Waals surface area contributed by atoms with Crippen LogP contribution in [0.5, 0.6) is 11.5 Å². The highest BCUT2D eigenvalue weighted by atomic mass is 16.6. The minimum atomic E-state index is -1.25. The number of methoxy groups -OCH3 is 1. The molecule has 0 spiro atoms. The molecule has 1 aromatic rings. The molecule has 1 aromatic carbocycles. The van der Waals surface area contributed by atoms with Gasteiger partial charge in [-0.05, 0) is 0 Å². The molecule has 0 aliphatic rings. The van der Waals surface area contributed by atoms with Gasteiger partial charge >= 0.3 is 12.0 Å². The Bertz CT molecular complexity index is 629. The number of nitro groups is 1. The maximum absolute atomic E-state index is 10.9. The first kappa shape index (κ1) is 16.7. The van der Waals surface area contributed by atoms with Crippen LogP contribution in [0.2, 0.25) is 0 Å². The van der Waals surface area contributed by atoms with Gasteiger partial charge in [-0.3, -0.25) is 10.1 Å². The van der Waals surface area contributed by atoms with Crippen molar-refractivity contribution in [2.24, 2.45) is 10.8 Å². The Kier molecular flexibility index (Phi) is 5.63. The zero-order chi connectivity index (χ0) is 16.7. The molecule has 0 aromatic heterocycles. The van der Waals surface area contributed by atoms with E-state index in [1.807, 2.05) is 5.43 Å². The summed E-state index contributed by atoms with van der Waals surface area (Å²) in [6, 6.07) is 1.20. The number of amides is 2. The molecule has 2 amide bonds. The maximum Gasteiger partial charge on any atom is 0.341 e. The predicted octanol–water partition coefficient (Wildman–Crippen LogP) is 0.0690. The lowest BCUT2D eigenvalue weighted by atomic mass is 10.1. The van der Waals surface area contributed by atoms with E-state index < -0.39 is 23.5 Å². The summed E-state index contributed by atoms with van der Waals surface area (Å²) in [6.45, 7) is -0.696. The summed E-state index contributed by atoms with van der Waals surface area (Å²) in [7, 11) is 1.23. The number of primary amides is 1. The lowest BCUT2D eigenvalue weighted by Gasteiger charge is -2.11. The number of nitrogens with two attached hydrogens (primary N) is 1. The molecule has 11 heteroatoms. The van der Waals surface area contributed by atoms with Gasteiger partial charge in [0.15, 0.2) is 18.1 Å². The third-order valence-corrected chi connectivity index (χ3v) is 2.22. The van der Waals surface area contributed by atoms with Crippen molar-refractivity contribution in [3.05, 3.63) is 27.8 Å². The van der Waals surface area contributed by atoms with E-state index in [1.165, 1.54) is 7.11 Å². The maximum atomic E-state index is 10.9. The fraction of sp³-hybridized carbons (Fsp3) is 0.182. The Morgan fingerprint density at radius 3 is 2.73 bits per heavy atom. The number of benzene rings is 1. The van der Waals surface area contributed by atoms with Crippen LogP contribution in [0, 0.1) is 10.1 Å². The number of aliphatic carboxylic acids is 1. The molecule has 4 N–H and O–H groups in total. The van der Waals surface area contributed by atoms with Crippen molar-refractivity contribution in [2.45, 2.75) is 0 Å². The lowest BCUT2D eigenvalue weighted by molar-refractivity contribution is -0.385. The number of ether oxygens (including phenoxy) is 2. The SMILES string of the molecule is COc1cc([N+](=O)[O-])cc(C=NNC(N)=O)c1OCC(=O)O. The van der Waals surface area contributed by atoms with Gasteiger partial charge in [0.05, 0.1) is 24.3 Å². The van der Waals surface area contributed by atoms with Gasteiger partial charge in [-0.2, -0.15) is 5.10 Å². The van der Waals surface area contributed by atoms with Gasteiger partial charge in [0.25, 0.3) is 5.69 Å². The van der Waals surface area contributed by atoms with Crippen LogP contribution >= 0.6 is 0 Å². The minimum Gasteiger partial charge on any atom is -0.493 e. The third kappa shape index (κ3) is 4.63. The third-order valence-electron chi connectivity index (χ3n) is 2.22. The topological polar surface area (TPSA) is 166 Å². The number of carbonyl (C=O) groups excluding carboxylic acids is 1. The molecule has 0 saturated carbocycles. The summed E-state index contributed by atoms with van der Waals surface area (Å²) in [5.74, 6) is -1.39. The molecule has 0 atom stereocenters. The number of urea groups is 1. The number of carbonyl (C=O) groups is 2. The number of carboxylic acids is 1. The molecule has 0 aliphatic carbocycles. The number of rotatable bonds is 7. The van der Waals surface area contributed by atoms with Gasteiger partial charge in [-0.15, -0.1) is 0 Å². The summed E-state index contributed by atoms with van der Waals surface area (Å²) in [6.07, 6.45) is 1.01. The molecule has 22 heavy (non-hydrogen) atoms. The average Bonchev–Trinajstić information content (AvgIpc) is 2.44. The van der Waals surface area contributed by atoms with Gasteiger partial charge in [-0.25, -0.2) is 15.0 Å². The second-order valence-electron chi connectivity index (χ2n) is 3.74. The number of hydrogen-bond donors (Lipinski definition) is 3. The molecule has 118 valence electrons. The monoisotopic (exact) mass is 312 g/mol. The van der Waals surface area contributed by atoms with Crippen molar-refractivity contribution in [1.29, 1.82) is 0 Å². The molecule has 11 nitrogen and oxygen atoms in total. The fourth-order valence-electron chi connectivity index (χ4n) is 1.42. The normalized spacial score (nSPS) is 10.2. The molecular weight excluding hydrogens is 300 g/mol. The quantitative estimate of drug-likeness (QED) is 0.363. The Morgan fingerprint density at radius 2 is 2.23 bits per heavy atom. The predicted molar refractivity (Wildman–Crippen MR) is 73.1 cm³/mol. The highest BCUT2D eigenvalue weighted by molar-refractivity contribution is 5.87. The van der Waals surface area contributed by atoms with Crippen molar-refractivity contribution in [1.82, 2.24) is 5.43 Å². The van der Waals surface area contributed by atoms with E-state index in [9.17, 15) is 19.7 Å². The van der Waals surface area contributed by atoms with Crippen LogP contribution < -0.4 is 20.6 Å². The molecule has 0 heterocycles. The minimum absolute atomic E-state index is 0.0288.